The molecule has 0 amide bonds. The molecule has 3 atom stereocenters. The van der Waals surface area contributed by atoms with E-state index in [1.807, 2.05) is 0 Å². The summed E-state index contributed by atoms with van der Waals surface area (Å²) in [6, 6.07) is 7.57. The lowest BCUT2D eigenvalue weighted by Crippen LogP contribution is -2.52. The minimum absolute atomic E-state index is 0.000796. The van der Waals surface area contributed by atoms with Gasteiger partial charge in [-0.25, -0.2) is 17.2 Å². The summed E-state index contributed by atoms with van der Waals surface area (Å²) >= 11 is 5.90. The van der Waals surface area contributed by atoms with E-state index in [2.05, 4.69) is 0 Å². The van der Waals surface area contributed by atoms with E-state index in [0.717, 1.165) is 12.1 Å². The number of halogens is 3. The largest absolute Gasteiger partial charge is 0.490 e. The van der Waals surface area contributed by atoms with Crippen LogP contribution < -0.4 is 4.74 Å². The molecule has 1 saturated carbocycles. The second-order valence-electron chi connectivity index (χ2n) is 7.41. The zero-order valence-electron chi connectivity index (χ0n) is 14.9. The van der Waals surface area contributed by atoms with Gasteiger partial charge in [-0.15, -0.1) is 0 Å². The monoisotopic (exact) mass is 428 g/mol. The number of benzene rings is 2. The molecule has 1 aliphatic heterocycles. The molecule has 2 aromatic carbocycles. The van der Waals surface area contributed by atoms with E-state index in [0.29, 0.717) is 17.9 Å². The molecule has 1 aliphatic carbocycles. The zero-order chi connectivity index (χ0) is 20.1. The SMILES string of the molecule is O=S(=O)(c1ccc(Cl)cc1)[C@@]12CCC(CO)C[C@@H]1COc1c(F)ccc(F)c12. The van der Waals surface area contributed by atoms with E-state index >= 15 is 0 Å². The topological polar surface area (TPSA) is 63.6 Å². The minimum atomic E-state index is -4.11. The highest BCUT2D eigenvalue weighted by atomic mass is 35.5. The first-order valence-corrected chi connectivity index (χ1v) is 10.9. The van der Waals surface area contributed by atoms with Crippen molar-refractivity contribution >= 4 is 21.4 Å². The number of hydrogen-bond donors (Lipinski definition) is 1. The first-order valence-electron chi connectivity index (χ1n) is 9.03. The Morgan fingerprint density at radius 1 is 1.14 bits per heavy atom. The summed E-state index contributed by atoms with van der Waals surface area (Å²) in [6.45, 7) is -0.150. The molecule has 0 spiro atoms. The van der Waals surface area contributed by atoms with Crippen molar-refractivity contribution in [2.75, 3.05) is 13.2 Å². The Balaban J connectivity index is 1.99. The Labute approximate surface area is 167 Å². The Hall–Kier alpha value is -1.70. The van der Waals surface area contributed by atoms with Crippen LogP contribution in [0, 0.1) is 23.5 Å². The molecular formula is C20H19ClF2O4S. The van der Waals surface area contributed by atoms with E-state index < -0.39 is 32.1 Å². The summed E-state index contributed by atoms with van der Waals surface area (Å²) in [5.74, 6) is -2.65. The fourth-order valence-corrected chi connectivity index (χ4v) is 7.09. The van der Waals surface area contributed by atoms with E-state index in [4.69, 9.17) is 16.3 Å². The number of rotatable bonds is 3. The van der Waals surface area contributed by atoms with Gasteiger partial charge in [0.05, 0.1) is 17.1 Å². The van der Waals surface area contributed by atoms with Crippen LogP contribution in [-0.2, 0) is 14.6 Å². The zero-order valence-corrected chi connectivity index (χ0v) is 16.4. The fourth-order valence-electron chi connectivity index (χ4n) is 4.60. The number of hydrogen-bond acceptors (Lipinski definition) is 4. The molecule has 1 heterocycles. The predicted octanol–water partition coefficient (Wildman–Crippen LogP) is 4.09. The number of aliphatic hydroxyl groups is 1. The van der Waals surface area contributed by atoms with Crippen LogP contribution >= 0.6 is 11.6 Å². The van der Waals surface area contributed by atoms with Crippen LogP contribution in [0.2, 0.25) is 5.02 Å². The van der Waals surface area contributed by atoms with Gasteiger partial charge in [-0.1, -0.05) is 11.6 Å². The predicted molar refractivity (Wildman–Crippen MR) is 100 cm³/mol. The molecule has 1 N–H and O–H groups in total. The fraction of sp³-hybridized carbons (Fsp3) is 0.400. The summed E-state index contributed by atoms with van der Waals surface area (Å²) < 4.78 is 60.9. The number of aliphatic hydroxyl groups excluding tert-OH is 1. The summed E-state index contributed by atoms with van der Waals surface area (Å²) in [4.78, 5) is 0.000796. The summed E-state index contributed by atoms with van der Waals surface area (Å²) in [6.07, 6.45) is 0.804. The minimum Gasteiger partial charge on any atom is -0.490 e. The highest BCUT2D eigenvalue weighted by Crippen LogP contribution is 2.57. The molecule has 0 bridgehead atoms. The quantitative estimate of drug-likeness (QED) is 0.799. The first kappa shape index (κ1) is 19.6. The smallest absolute Gasteiger partial charge is 0.188 e. The summed E-state index contributed by atoms with van der Waals surface area (Å²) in [5, 5.41) is 9.95. The van der Waals surface area contributed by atoms with Crippen LogP contribution in [0.5, 0.6) is 5.75 Å². The second kappa shape index (κ2) is 6.97. The van der Waals surface area contributed by atoms with E-state index in [9.17, 15) is 22.3 Å². The van der Waals surface area contributed by atoms with Crippen molar-refractivity contribution < 1.29 is 27.0 Å². The van der Waals surface area contributed by atoms with Gasteiger partial charge in [0.2, 0.25) is 0 Å². The lowest BCUT2D eigenvalue weighted by Gasteiger charge is -2.48. The maximum atomic E-state index is 15.0. The molecule has 1 unspecified atom stereocenters. The lowest BCUT2D eigenvalue weighted by atomic mass is 9.69. The average Bonchev–Trinajstić information content (AvgIpc) is 2.69. The second-order valence-corrected chi connectivity index (χ2v) is 10.1. The van der Waals surface area contributed by atoms with Crippen LogP contribution in [0.3, 0.4) is 0 Å². The highest BCUT2D eigenvalue weighted by Gasteiger charge is 2.59. The van der Waals surface area contributed by atoms with Crippen molar-refractivity contribution in [3.63, 3.8) is 0 Å². The lowest BCUT2D eigenvalue weighted by molar-refractivity contribution is 0.0744. The van der Waals surface area contributed by atoms with Gasteiger partial charge in [-0.05, 0) is 61.6 Å². The molecule has 2 aliphatic rings. The normalized spacial score (nSPS) is 26.9. The van der Waals surface area contributed by atoms with Crippen molar-refractivity contribution in [2.45, 2.75) is 28.9 Å². The van der Waals surface area contributed by atoms with Crippen molar-refractivity contribution in [3.8, 4) is 5.75 Å². The van der Waals surface area contributed by atoms with Crippen LogP contribution in [0.1, 0.15) is 24.8 Å². The van der Waals surface area contributed by atoms with Gasteiger partial charge in [0.1, 0.15) is 10.6 Å². The molecule has 1 fully saturated rings. The number of fused-ring (bicyclic) bond motifs is 3. The molecule has 8 heteroatoms. The molecule has 4 nitrogen and oxygen atoms in total. The van der Waals surface area contributed by atoms with Crippen molar-refractivity contribution in [1.82, 2.24) is 0 Å². The van der Waals surface area contributed by atoms with Crippen LogP contribution in [0.4, 0.5) is 8.78 Å². The maximum absolute atomic E-state index is 15.0. The molecule has 28 heavy (non-hydrogen) atoms. The van der Waals surface area contributed by atoms with Crippen molar-refractivity contribution in [2.24, 2.45) is 11.8 Å². The Bertz CT molecular complexity index is 1010. The van der Waals surface area contributed by atoms with Crippen LogP contribution in [0.15, 0.2) is 41.3 Å². The molecule has 0 saturated heterocycles. The van der Waals surface area contributed by atoms with Gasteiger partial charge in [0, 0.05) is 17.5 Å². The molecule has 4 rings (SSSR count). The maximum Gasteiger partial charge on any atom is 0.188 e. The third-order valence-corrected chi connectivity index (χ3v) is 8.82. The van der Waals surface area contributed by atoms with Gasteiger partial charge in [-0.3, -0.25) is 0 Å². The van der Waals surface area contributed by atoms with Crippen molar-refractivity contribution in [1.29, 1.82) is 0 Å². The van der Waals surface area contributed by atoms with E-state index in [-0.39, 0.29) is 41.8 Å². The van der Waals surface area contributed by atoms with Gasteiger partial charge in [-0.2, -0.15) is 0 Å². The van der Waals surface area contributed by atoms with Crippen LogP contribution in [0.25, 0.3) is 0 Å². The Morgan fingerprint density at radius 2 is 1.82 bits per heavy atom. The molecule has 150 valence electrons. The van der Waals surface area contributed by atoms with Gasteiger partial charge < -0.3 is 9.84 Å². The van der Waals surface area contributed by atoms with Crippen molar-refractivity contribution in [3.05, 3.63) is 58.6 Å². The van der Waals surface area contributed by atoms with Gasteiger partial charge in [0.15, 0.2) is 21.4 Å². The Kier molecular flexibility index (Phi) is 4.88. The number of sulfone groups is 1. The number of ether oxygens (including phenoxy) is 1. The van der Waals surface area contributed by atoms with E-state index in [1.165, 1.54) is 24.3 Å². The third kappa shape index (κ3) is 2.75. The standard InChI is InChI=1S/C20H19ClF2O4S/c21-14-1-3-15(4-2-14)28(25,26)20-8-7-12(10-24)9-13(20)11-27-19-17(23)6-5-16(22)18(19)20/h1-6,12-13,24H,7-11H2/t12?,13-,20+/m1/s1. The molecular weight excluding hydrogens is 410 g/mol. The molecule has 0 aromatic heterocycles. The highest BCUT2D eigenvalue weighted by molar-refractivity contribution is 7.92. The van der Waals surface area contributed by atoms with Gasteiger partial charge in [0.25, 0.3) is 0 Å². The third-order valence-electron chi connectivity index (χ3n) is 5.97. The van der Waals surface area contributed by atoms with Gasteiger partial charge >= 0.3 is 0 Å². The summed E-state index contributed by atoms with van der Waals surface area (Å²) in [7, 11) is -4.11. The molecule has 0 radical (unpaired) electrons. The van der Waals surface area contributed by atoms with Crippen LogP contribution in [-0.4, -0.2) is 26.7 Å². The summed E-state index contributed by atoms with van der Waals surface area (Å²) in [5.41, 5.74) is -0.241. The molecule has 2 aromatic rings. The van der Waals surface area contributed by atoms with E-state index in [1.54, 1.807) is 0 Å². The first-order chi connectivity index (χ1) is 13.3. The Morgan fingerprint density at radius 3 is 2.50 bits per heavy atom. The average molecular weight is 429 g/mol.